The maximum absolute atomic E-state index is 14.3. The number of nitrogens with one attached hydrogen (secondary N) is 1. The van der Waals surface area contributed by atoms with E-state index in [0.29, 0.717) is 25.2 Å². The largest absolute Gasteiger partial charge is 0.447 e. The van der Waals surface area contributed by atoms with Crippen LogP contribution in [0.15, 0.2) is 18.2 Å². The summed E-state index contributed by atoms with van der Waals surface area (Å²) in [7, 11) is 1.53. The van der Waals surface area contributed by atoms with Gasteiger partial charge in [-0.05, 0) is 24.6 Å². The fourth-order valence-electron chi connectivity index (χ4n) is 3.28. The normalized spacial score (nSPS) is 22.7. The molecule has 2 heterocycles. The van der Waals surface area contributed by atoms with Crippen molar-refractivity contribution >= 4 is 29.3 Å². The zero-order valence-electron chi connectivity index (χ0n) is 14.8. The molecule has 0 saturated carbocycles. The summed E-state index contributed by atoms with van der Waals surface area (Å²) >= 11 is 0. The number of benzene rings is 1. The number of hydrogen-bond donors (Lipinski definition) is 2. The molecule has 1 aromatic rings. The Balaban J connectivity index is 1.64. The van der Waals surface area contributed by atoms with Crippen LogP contribution in [0.4, 0.5) is 20.6 Å². The van der Waals surface area contributed by atoms with Crippen molar-refractivity contribution in [2.75, 3.05) is 43.6 Å². The van der Waals surface area contributed by atoms with Crippen molar-refractivity contribution in [3.05, 3.63) is 24.0 Å². The number of anilines is 2. The third-order valence-corrected chi connectivity index (χ3v) is 4.67. The molecule has 9 nitrogen and oxygen atoms in total. The van der Waals surface area contributed by atoms with Gasteiger partial charge in [0.15, 0.2) is 0 Å². The van der Waals surface area contributed by atoms with E-state index in [0.717, 1.165) is 6.07 Å². The van der Waals surface area contributed by atoms with Gasteiger partial charge >= 0.3 is 6.09 Å². The number of methoxy groups -OCH3 is 1. The fraction of sp³-hybridized carbons (Fsp3) is 0.471. The second-order valence-electron chi connectivity index (χ2n) is 6.42. The van der Waals surface area contributed by atoms with Gasteiger partial charge in [0.2, 0.25) is 11.8 Å². The lowest BCUT2D eigenvalue weighted by Gasteiger charge is -2.21. The Labute approximate surface area is 155 Å². The number of nitrogens with two attached hydrogens (primary N) is 1. The lowest BCUT2D eigenvalue weighted by molar-refractivity contribution is -0.123. The molecule has 1 aromatic carbocycles. The Bertz CT molecular complexity index is 759. The SMILES string of the molecule is CO[C@H]1CC(C(N)=O)N(CC(=O)Nc2ccc(N3CCOC3=O)cc2F)C1. The van der Waals surface area contributed by atoms with Crippen molar-refractivity contribution < 1.29 is 28.2 Å². The molecule has 27 heavy (non-hydrogen) atoms. The number of ether oxygens (including phenoxy) is 2. The zero-order chi connectivity index (χ0) is 19.6. The van der Waals surface area contributed by atoms with Gasteiger partial charge in [-0.15, -0.1) is 0 Å². The van der Waals surface area contributed by atoms with Gasteiger partial charge in [0.25, 0.3) is 0 Å². The molecular formula is C17H21FN4O5. The number of hydrogen-bond acceptors (Lipinski definition) is 6. The van der Waals surface area contributed by atoms with Crippen LogP contribution in [0.5, 0.6) is 0 Å². The van der Waals surface area contributed by atoms with Crippen LogP contribution >= 0.6 is 0 Å². The van der Waals surface area contributed by atoms with E-state index >= 15 is 0 Å². The Morgan fingerprint density at radius 2 is 2.22 bits per heavy atom. The van der Waals surface area contributed by atoms with E-state index in [9.17, 15) is 18.8 Å². The van der Waals surface area contributed by atoms with Crippen molar-refractivity contribution in [3.63, 3.8) is 0 Å². The van der Waals surface area contributed by atoms with Crippen LogP contribution < -0.4 is 16.0 Å². The number of nitrogens with zero attached hydrogens (tertiary/aromatic N) is 2. The van der Waals surface area contributed by atoms with Gasteiger partial charge in [0.1, 0.15) is 12.4 Å². The Hall–Kier alpha value is -2.72. The molecule has 2 atom stereocenters. The number of amides is 3. The molecule has 3 N–H and O–H groups in total. The number of halogens is 1. The minimum absolute atomic E-state index is 0.0190. The van der Waals surface area contributed by atoms with Crippen molar-refractivity contribution in [1.82, 2.24) is 4.90 Å². The molecule has 2 aliphatic heterocycles. The monoisotopic (exact) mass is 380 g/mol. The first-order chi connectivity index (χ1) is 12.9. The van der Waals surface area contributed by atoms with E-state index in [-0.39, 0.29) is 24.9 Å². The highest BCUT2D eigenvalue weighted by Gasteiger charge is 2.36. The molecule has 1 unspecified atom stereocenters. The van der Waals surface area contributed by atoms with Crippen LogP contribution in [0, 0.1) is 5.82 Å². The first kappa shape index (κ1) is 19.1. The predicted molar refractivity (Wildman–Crippen MR) is 93.7 cm³/mol. The maximum Gasteiger partial charge on any atom is 0.414 e. The molecule has 2 fully saturated rings. The number of primary amides is 1. The molecule has 2 aliphatic rings. The first-order valence-electron chi connectivity index (χ1n) is 8.49. The standard InChI is InChI=1S/C17H21FN4O5/c1-26-11-7-14(16(19)24)21(8-11)9-15(23)20-13-3-2-10(6-12(13)18)22-4-5-27-17(22)25/h2-3,6,11,14H,4-5,7-9H2,1H3,(H2,19,24)(H,20,23)/t11-,14?/m0/s1. The quantitative estimate of drug-likeness (QED) is 0.734. The summed E-state index contributed by atoms with van der Waals surface area (Å²) in [6.45, 7) is 0.857. The van der Waals surface area contributed by atoms with Crippen LogP contribution in [0.25, 0.3) is 0 Å². The van der Waals surface area contributed by atoms with Gasteiger partial charge in [-0.2, -0.15) is 0 Å². The van der Waals surface area contributed by atoms with E-state index in [2.05, 4.69) is 5.32 Å². The van der Waals surface area contributed by atoms with Crippen molar-refractivity contribution in [2.45, 2.75) is 18.6 Å². The molecule has 0 aliphatic carbocycles. The number of cyclic esters (lactones) is 1. The number of carbonyl (C=O) groups is 3. The highest BCUT2D eigenvalue weighted by Crippen LogP contribution is 2.25. The van der Waals surface area contributed by atoms with Crippen molar-refractivity contribution in [3.8, 4) is 0 Å². The van der Waals surface area contributed by atoms with Crippen molar-refractivity contribution in [1.29, 1.82) is 0 Å². The first-order valence-corrected chi connectivity index (χ1v) is 8.49. The molecular weight excluding hydrogens is 359 g/mol. The van der Waals surface area contributed by atoms with Crippen LogP contribution in [0.3, 0.4) is 0 Å². The Kier molecular flexibility index (Phi) is 5.57. The highest BCUT2D eigenvalue weighted by atomic mass is 19.1. The molecule has 0 aromatic heterocycles. The minimum atomic E-state index is -0.678. The second-order valence-corrected chi connectivity index (χ2v) is 6.42. The summed E-state index contributed by atoms with van der Waals surface area (Å²) in [5, 5.41) is 2.48. The molecule has 146 valence electrons. The van der Waals surface area contributed by atoms with Crippen LogP contribution in [-0.4, -0.2) is 68.3 Å². The summed E-state index contributed by atoms with van der Waals surface area (Å²) in [5.74, 6) is -1.69. The van der Waals surface area contributed by atoms with Gasteiger partial charge in [-0.3, -0.25) is 19.4 Å². The molecule has 3 amide bonds. The maximum atomic E-state index is 14.3. The van der Waals surface area contributed by atoms with E-state index < -0.39 is 29.8 Å². The smallest absolute Gasteiger partial charge is 0.414 e. The van der Waals surface area contributed by atoms with E-state index in [4.69, 9.17) is 15.2 Å². The molecule has 10 heteroatoms. The summed E-state index contributed by atoms with van der Waals surface area (Å²) in [6.07, 6.45) is -0.314. The topological polar surface area (TPSA) is 114 Å². The average molecular weight is 380 g/mol. The number of rotatable bonds is 6. The van der Waals surface area contributed by atoms with Gasteiger partial charge in [0.05, 0.1) is 36.6 Å². The highest BCUT2D eigenvalue weighted by molar-refractivity contribution is 5.94. The van der Waals surface area contributed by atoms with E-state index in [1.165, 1.54) is 24.1 Å². The summed E-state index contributed by atoms with van der Waals surface area (Å²) in [6, 6.07) is 3.45. The predicted octanol–water partition coefficient (Wildman–Crippen LogP) is 0.295. The van der Waals surface area contributed by atoms with Crippen molar-refractivity contribution in [2.24, 2.45) is 5.73 Å². The van der Waals surface area contributed by atoms with E-state index in [1.54, 1.807) is 4.90 Å². The van der Waals surface area contributed by atoms with E-state index in [1.807, 2.05) is 0 Å². The third kappa shape index (κ3) is 4.17. The lowest BCUT2D eigenvalue weighted by Crippen LogP contribution is -2.44. The summed E-state index contributed by atoms with van der Waals surface area (Å²) in [5.41, 5.74) is 5.71. The van der Waals surface area contributed by atoms with Gasteiger partial charge < -0.3 is 20.5 Å². The van der Waals surface area contributed by atoms with Crippen LogP contribution in [0.2, 0.25) is 0 Å². The zero-order valence-corrected chi connectivity index (χ0v) is 14.8. The van der Waals surface area contributed by atoms with Gasteiger partial charge in [-0.1, -0.05) is 0 Å². The molecule has 0 bridgehead atoms. The van der Waals surface area contributed by atoms with Crippen LogP contribution in [-0.2, 0) is 19.1 Å². The fourth-order valence-corrected chi connectivity index (χ4v) is 3.28. The molecule has 3 rings (SSSR count). The minimum Gasteiger partial charge on any atom is -0.447 e. The second kappa shape index (κ2) is 7.89. The molecule has 2 saturated heterocycles. The van der Waals surface area contributed by atoms with Gasteiger partial charge in [0, 0.05) is 13.7 Å². The lowest BCUT2D eigenvalue weighted by atomic mass is 10.2. The average Bonchev–Trinajstić information content (AvgIpc) is 3.22. The number of carbonyl (C=O) groups excluding carboxylic acids is 3. The summed E-state index contributed by atoms with van der Waals surface area (Å²) < 4.78 is 24.4. The Morgan fingerprint density at radius 3 is 2.81 bits per heavy atom. The third-order valence-electron chi connectivity index (χ3n) is 4.67. The molecule has 0 spiro atoms. The summed E-state index contributed by atoms with van der Waals surface area (Å²) in [4.78, 5) is 38.3. The van der Waals surface area contributed by atoms with Gasteiger partial charge in [-0.25, -0.2) is 9.18 Å². The molecule has 0 radical (unpaired) electrons. The number of likely N-dealkylation sites (tertiary alicyclic amines) is 1. The Morgan fingerprint density at radius 1 is 1.44 bits per heavy atom. The van der Waals surface area contributed by atoms with Crippen LogP contribution in [0.1, 0.15) is 6.42 Å².